The summed E-state index contributed by atoms with van der Waals surface area (Å²) in [6.07, 6.45) is -7.16. The minimum Gasteiger partial charge on any atom is -0.490 e. The summed E-state index contributed by atoms with van der Waals surface area (Å²) in [6, 6.07) is 7.77. The number of ether oxygens (including phenoxy) is 1. The fourth-order valence-electron chi connectivity index (χ4n) is 6.87. The molecule has 0 aromatic heterocycles. The molecule has 0 radical (unpaired) electrons. The Balaban J connectivity index is 1.43. The molecule has 3 aliphatic rings. The van der Waals surface area contributed by atoms with Crippen molar-refractivity contribution in [1.29, 1.82) is 0 Å². The molecule has 5 rings (SSSR count). The van der Waals surface area contributed by atoms with E-state index in [1.807, 2.05) is 13.0 Å². The Morgan fingerprint density at radius 2 is 1.55 bits per heavy atom. The summed E-state index contributed by atoms with van der Waals surface area (Å²) in [7, 11) is 0. The molecule has 2 saturated heterocycles. The van der Waals surface area contributed by atoms with Gasteiger partial charge in [0.2, 0.25) is 0 Å². The second kappa shape index (κ2) is 9.92. The summed E-state index contributed by atoms with van der Waals surface area (Å²) in [5.74, 6) is -2.99. The molecule has 1 aliphatic carbocycles. The van der Waals surface area contributed by atoms with Crippen LogP contribution in [0.1, 0.15) is 75.5 Å². The number of fused-ring (bicyclic) bond motifs is 3. The molecule has 2 heterocycles. The van der Waals surface area contributed by atoms with Gasteiger partial charge >= 0.3 is 18.3 Å². The average Bonchev–Trinajstić information content (AvgIpc) is 3.10. The number of carbonyl (C=O) groups is 1. The minimum atomic E-state index is -4.72. The minimum absolute atomic E-state index is 0.00361. The third kappa shape index (κ3) is 5.20. The Labute approximate surface area is 216 Å². The lowest BCUT2D eigenvalue weighted by molar-refractivity contribution is -0.185. The Morgan fingerprint density at radius 3 is 2.11 bits per heavy atom. The smallest absolute Gasteiger partial charge is 0.420 e. The Bertz CT molecular complexity index is 1170. The summed E-state index contributed by atoms with van der Waals surface area (Å²) in [4.78, 5) is 13.8. The van der Waals surface area contributed by atoms with E-state index in [1.165, 1.54) is 6.07 Å². The molecule has 1 saturated carbocycles. The third-order valence-electron chi connectivity index (χ3n) is 8.79. The zero-order valence-corrected chi connectivity index (χ0v) is 21.0. The van der Waals surface area contributed by atoms with Crippen LogP contribution in [-0.4, -0.2) is 40.3 Å². The van der Waals surface area contributed by atoms with Crippen LogP contribution in [-0.2, 0) is 11.0 Å². The van der Waals surface area contributed by atoms with E-state index in [1.54, 1.807) is 18.2 Å². The average molecular weight is 544 g/mol. The van der Waals surface area contributed by atoms with Crippen LogP contribution in [0.4, 0.5) is 26.3 Å². The first-order chi connectivity index (χ1) is 17.8. The molecule has 1 unspecified atom stereocenters. The van der Waals surface area contributed by atoms with Crippen molar-refractivity contribution < 1.29 is 41.0 Å². The number of carboxylic acid groups (broad SMARTS) is 1. The van der Waals surface area contributed by atoms with Crippen molar-refractivity contribution in [2.75, 3.05) is 0 Å². The predicted molar refractivity (Wildman–Crippen MR) is 129 cm³/mol. The lowest BCUT2D eigenvalue weighted by Gasteiger charge is -2.41. The van der Waals surface area contributed by atoms with E-state index >= 15 is 0 Å². The fourth-order valence-corrected chi connectivity index (χ4v) is 6.87. The number of hydrogen-bond donors (Lipinski definition) is 1. The third-order valence-corrected chi connectivity index (χ3v) is 8.79. The van der Waals surface area contributed by atoms with E-state index in [0.717, 1.165) is 12.8 Å². The molecule has 3 fully saturated rings. The van der Waals surface area contributed by atoms with Crippen LogP contribution in [0.15, 0.2) is 30.3 Å². The molecule has 2 aromatic carbocycles. The van der Waals surface area contributed by atoms with Gasteiger partial charge in [0.15, 0.2) is 0 Å². The highest BCUT2D eigenvalue weighted by atomic mass is 19.4. The topological polar surface area (TPSA) is 49.8 Å². The van der Waals surface area contributed by atoms with Gasteiger partial charge in [-0.15, -0.1) is 0 Å². The summed E-state index contributed by atoms with van der Waals surface area (Å²) < 4.78 is 88.0. The highest BCUT2D eigenvalue weighted by Crippen LogP contribution is 2.47. The highest BCUT2D eigenvalue weighted by molar-refractivity contribution is 5.89. The maximum Gasteiger partial charge on any atom is 0.420 e. The molecule has 38 heavy (non-hydrogen) atoms. The summed E-state index contributed by atoms with van der Waals surface area (Å²) >= 11 is 0. The Morgan fingerprint density at radius 1 is 0.947 bits per heavy atom. The zero-order chi connectivity index (χ0) is 27.4. The monoisotopic (exact) mass is 543 g/mol. The molecule has 1 N–H and O–H groups in total. The number of alkyl halides is 6. The van der Waals surface area contributed by atoms with Crippen molar-refractivity contribution in [1.82, 2.24) is 4.90 Å². The standard InChI is InChI=1S/C28H31F6NO3/c1-15(35-20-7-8-21(35)13-18(12-20)26(36)37)17-3-2-16-4-11-24(25(23(16)14-17)28(32,33)34)38-22-9-5-19(6-10-22)27(29,30)31/h2-4,11,14-15,18-22H,5-10,12-13H2,1H3,(H,36,37)/t15-,18?,19?,20-,21+,22?/m1/s1. The molecule has 2 aliphatic heterocycles. The van der Waals surface area contributed by atoms with E-state index in [2.05, 4.69) is 4.90 Å². The van der Waals surface area contributed by atoms with Crippen LogP contribution in [0.5, 0.6) is 5.75 Å². The first-order valence-corrected chi connectivity index (χ1v) is 13.2. The van der Waals surface area contributed by atoms with E-state index in [9.17, 15) is 36.2 Å². The Hall–Kier alpha value is -2.49. The summed E-state index contributed by atoms with van der Waals surface area (Å²) in [5, 5.41) is 9.87. The van der Waals surface area contributed by atoms with Crippen LogP contribution in [0, 0.1) is 11.8 Å². The Kier molecular flexibility index (Phi) is 7.07. The number of halogens is 6. The SMILES string of the molecule is C[C@H](c1ccc2ccc(OC3CCC(C(F)(F)F)CC3)c(C(F)(F)F)c2c1)N1[C@@H]2CC[C@H]1CC(C(=O)O)C2. The molecular formula is C28H31F6NO3. The molecule has 4 atom stereocenters. The second-order valence-electron chi connectivity index (χ2n) is 11.1. The number of nitrogens with zero attached hydrogens (tertiary/aromatic N) is 1. The van der Waals surface area contributed by atoms with Gasteiger partial charge in [-0.3, -0.25) is 9.69 Å². The van der Waals surface area contributed by atoms with E-state index in [4.69, 9.17) is 4.74 Å². The summed E-state index contributed by atoms with van der Waals surface area (Å²) in [5.41, 5.74) is -0.203. The first-order valence-electron chi connectivity index (χ1n) is 13.2. The lowest BCUT2D eigenvalue weighted by Crippen LogP contribution is -2.45. The molecule has 208 valence electrons. The largest absolute Gasteiger partial charge is 0.490 e. The number of aliphatic carboxylic acids is 1. The van der Waals surface area contributed by atoms with Gasteiger partial charge in [0.25, 0.3) is 0 Å². The second-order valence-corrected chi connectivity index (χ2v) is 11.1. The summed E-state index contributed by atoms with van der Waals surface area (Å²) in [6.45, 7) is 1.94. The van der Waals surface area contributed by atoms with Crippen LogP contribution < -0.4 is 4.74 Å². The van der Waals surface area contributed by atoms with Crippen molar-refractivity contribution in [2.24, 2.45) is 11.8 Å². The van der Waals surface area contributed by atoms with Gasteiger partial charge in [-0.05, 0) is 86.8 Å². The van der Waals surface area contributed by atoms with Gasteiger partial charge < -0.3 is 9.84 Å². The zero-order valence-electron chi connectivity index (χ0n) is 21.0. The van der Waals surface area contributed by atoms with E-state index < -0.39 is 41.8 Å². The number of hydrogen-bond acceptors (Lipinski definition) is 3. The van der Waals surface area contributed by atoms with Crippen LogP contribution >= 0.6 is 0 Å². The fraction of sp³-hybridized carbons (Fsp3) is 0.607. The van der Waals surface area contributed by atoms with Crippen LogP contribution in [0.25, 0.3) is 10.8 Å². The van der Waals surface area contributed by atoms with Crippen molar-refractivity contribution in [3.05, 3.63) is 41.5 Å². The van der Waals surface area contributed by atoms with Crippen molar-refractivity contribution in [2.45, 2.75) is 94.9 Å². The number of benzene rings is 2. The van der Waals surface area contributed by atoms with Crippen LogP contribution in [0.2, 0.25) is 0 Å². The normalized spacial score (nSPS) is 29.4. The number of carboxylic acids is 1. The van der Waals surface area contributed by atoms with Crippen molar-refractivity contribution in [3.63, 3.8) is 0 Å². The quantitative estimate of drug-likeness (QED) is 0.392. The van der Waals surface area contributed by atoms with E-state index in [-0.39, 0.29) is 54.9 Å². The molecule has 4 nitrogen and oxygen atoms in total. The maximum absolute atomic E-state index is 14.4. The molecule has 2 bridgehead atoms. The number of rotatable bonds is 5. The predicted octanol–water partition coefficient (Wildman–Crippen LogP) is 7.75. The molecule has 0 amide bonds. The van der Waals surface area contributed by atoms with Gasteiger partial charge in [0, 0.05) is 18.1 Å². The maximum atomic E-state index is 14.4. The lowest BCUT2D eigenvalue weighted by atomic mass is 9.87. The molecule has 0 spiro atoms. The van der Waals surface area contributed by atoms with Crippen molar-refractivity contribution >= 4 is 16.7 Å². The number of piperidine rings is 1. The van der Waals surface area contributed by atoms with Gasteiger partial charge in [-0.25, -0.2) is 0 Å². The van der Waals surface area contributed by atoms with Gasteiger partial charge in [0.05, 0.1) is 17.9 Å². The van der Waals surface area contributed by atoms with Gasteiger partial charge in [-0.2, -0.15) is 26.3 Å². The molecule has 2 aromatic rings. The van der Waals surface area contributed by atoms with Gasteiger partial charge in [-0.1, -0.05) is 18.2 Å². The van der Waals surface area contributed by atoms with Crippen LogP contribution in [0.3, 0.4) is 0 Å². The molecule has 10 heteroatoms. The van der Waals surface area contributed by atoms with E-state index in [0.29, 0.717) is 23.8 Å². The first kappa shape index (κ1) is 27.1. The van der Waals surface area contributed by atoms with Crippen molar-refractivity contribution in [3.8, 4) is 5.75 Å². The van der Waals surface area contributed by atoms with Gasteiger partial charge in [0.1, 0.15) is 11.3 Å². The molecular weight excluding hydrogens is 512 g/mol. The highest BCUT2D eigenvalue weighted by Gasteiger charge is 2.46.